The number of amides is 1. The smallest absolute Gasteiger partial charge is 0.236 e. The third kappa shape index (κ3) is 6.92. The summed E-state index contributed by atoms with van der Waals surface area (Å²) in [6, 6.07) is 0. The van der Waals surface area contributed by atoms with Gasteiger partial charge in [0.2, 0.25) is 5.91 Å². The first-order valence-electron chi connectivity index (χ1n) is 7.52. The number of methoxy groups -OCH3 is 1. The molecule has 0 aliphatic carbocycles. The second-order valence-corrected chi connectivity index (χ2v) is 6.31. The SMILES string of the molecule is COCCC(C)(C)CNCC(=O)N1CCCCCC1. The molecule has 1 aliphatic heterocycles. The summed E-state index contributed by atoms with van der Waals surface area (Å²) in [5.41, 5.74) is 0.176. The van der Waals surface area contributed by atoms with Crippen LogP contribution in [0.4, 0.5) is 0 Å². The minimum Gasteiger partial charge on any atom is -0.385 e. The molecule has 1 rings (SSSR count). The van der Waals surface area contributed by atoms with Crippen molar-refractivity contribution in [2.24, 2.45) is 5.41 Å². The van der Waals surface area contributed by atoms with Crippen molar-refractivity contribution in [1.82, 2.24) is 10.2 Å². The Labute approximate surface area is 117 Å². The molecule has 4 heteroatoms. The van der Waals surface area contributed by atoms with Crippen molar-refractivity contribution in [3.63, 3.8) is 0 Å². The summed E-state index contributed by atoms with van der Waals surface area (Å²) < 4.78 is 5.11. The lowest BCUT2D eigenvalue weighted by Gasteiger charge is -2.26. The second-order valence-electron chi connectivity index (χ2n) is 6.31. The lowest BCUT2D eigenvalue weighted by Crippen LogP contribution is -2.41. The van der Waals surface area contributed by atoms with Gasteiger partial charge in [-0.1, -0.05) is 26.7 Å². The Morgan fingerprint density at radius 1 is 1.21 bits per heavy atom. The van der Waals surface area contributed by atoms with Crippen molar-refractivity contribution >= 4 is 5.91 Å². The zero-order chi connectivity index (χ0) is 14.1. The maximum absolute atomic E-state index is 12.1. The number of nitrogens with one attached hydrogen (secondary N) is 1. The standard InChI is InChI=1S/C15H30N2O2/c1-15(2,8-11-19-3)13-16-12-14(18)17-9-6-4-5-7-10-17/h16H,4-13H2,1-3H3. The molecule has 4 nitrogen and oxygen atoms in total. The first kappa shape index (κ1) is 16.4. The maximum atomic E-state index is 12.1. The fourth-order valence-electron chi connectivity index (χ4n) is 2.41. The molecule has 0 unspecified atom stereocenters. The second kappa shape index (κ2) is 8.54. The van der Waals surface area contributed by atoms with E-state index in [1.807, 2.05) is 4.90 Å². The average Bonchev–Trinajstić information content (AvgIpc) is 2.65. The van der Waals surface area contributed by atoms with Crippen molar-refractivity contribution in [3.8, 4) is 0 Å². The third-order valence-corrected chi connectivity index (χ3v) is 3.82. The molecule has 0 bridgehead atoms. The molecule has 19 heavy (non-hydrogen) atoms. The summed E-state index contributed by atoms with van der Waals surface area (Å²) in [5.74, 6) is 0.254. The highest BCUT2D eigenvalue weighted by molar-refractivity contribution is 5.78. The van der Waals surface area contributed by atoms with Crippen LogP contribution in [0.1, 0.15) is 46.0 Å². The number of carbonyl (C=O) groups is 1. The van der Waals surface area contributed by atoms with Crippen LogP contribution in [0.3, 0.4) is 0 Å². The van der Waals surface area contributed by atoms with Crippen molar-refractivity contribution in [1.29, 1.82) is 0 Å². The normalized spacial score (nSPS) is 17.3. The molecule has 0 saturated carbocycles. The summed E-state index contributed by atoms with van der Waals surface area (Å²) in [6.45, 7) is 8.38. The van der Waals surface area contributed by atoms with E-state index in [1.54, 1.807) is 7.11 Å². The van der Waals surface area contributed by atoms with Gasteiger partial charge in [-0.3, -0.25) is 4.79 Å². The lowest BCUT2D eigenvalue weighted by atomic mass is 9.90. The Morgan fingerprint density at radius 3 is 2.42 bits per heavy atom. The summed E-state index contributed by atoms with van der Waals surface area (Å²) in [6.07, 6.45) is 5.85. The van der Waals surface area contributed by atoms with Crippen LogP contribution in [-0.4, -0.2) is 50.7 Å². The number of likely N-dealkylation sites (tertiary alicyclic amines) is 1. The molecule has 0 aromatic rings. The first-order valence-corrected chi connectivity index (χ1v) is 7.52. The minimum atomic E-state index is 0.176. The predicted molar refractivity (Wildman–Crippen MR) is 78.2 cm³/mol. The van der Waals surface area contributed by atoms with E-state index in [-0.39, 0.29) is 11.3 Å². The van der Waals surface area contributed by atoms with Gasteiger partial charge < -0.3 is 15.0 Å². The fourth-order valence-corrected chi connectivity index (χ4v) is 2.41. The van der Waals surface area contributed by atoms with Crippen LogP contribution in [0.2, 0.25) is 0 Å². The number of carbonyl (C=O) groups excluding carboxylic acids is 1. The van der Waals surface area contributed by atoms with E-state index >= 15 is 0 Å². The summed E-state index contributed by atoms with van der Waals surface area (Å²) in [5, 5.41) is 3.31. The lowest BCUT2D eigenvalue weighted by molar-refractivity contribution is -0.130. The molecule has 112 valence electrons. The molecule has 1 amide bonds. The van der Waals surface area contributed by atoms with E-state index in [0.29, 0.717) is 6.54 Å². The number of hydrogen-bond acceptors (Lipinski definition) is 3. The molecule has 1 fully saturated rings. The molecule has 0 aromatic carbocycles. The van der Waals surface area contributed by atoms with Gasteiger partial charge in [0.25, 0.3) is 0 Å². The van der Waals surface area contributed by atoms with Crippen molar-refractivity contribution in [2.45, 2.75) is 46.0 Å². The number of nitrogens with zero attached hydrogens (tertiary/aromatic N) is 1. The number of ether oxygens (including phenoxy) is 1. The minimum absolute atomic E-state index is 0.176. The van der Waals surface area contributed by atoms with Gasteiger partial charge in [-0.2, -0.15) is 0 Å². The van der Waals surface area contributed by atoms with Crippen LogP contribution < -0.4 is 5.32 Å². The van der Waals surface area contributed by atoms with Gasteiger partial charge in [-0.05, 0) is 24.7 Å². The van der Waals surface area contributed by atoms with E-state index in [1.165, 1.54) is 12.8 Å². The van der Waals surface area contributed by atoms with Crippen LogP contribution in [-0.2, 0) is 9.53 Å². The molecule has 0 spiro atoms. The Kier molecular flexibility index (Phi) is 7.39. The van der Waals surface area contributed by atoms with Crippen LogP contribution in [0.15, 0.2) is 0 Å². The largest absolute Gasteiger partial charge is 0.385 e. The molecule has 0 radical (unpaired) electrons. The molecular weight excluding hydrogens is 240 g/mol. The monoisotopic (exact) mass is 270 g/mol. The average molecular weight is 270 g/mol. The highest BCUT2D eigenvalue weighted by atomic mass is 16.5. The summed E-state index contributed by atoms with van der Waals surface area (Å²) in [4.78, 5) is 14.1. The molecule has 1 aliphatic rings. The molecule has 1 N–H and O–H groups in total. The Balaban J connectivity index is 2.21. The Hall–Kier alpha value is -0.610. The number of rotatable bonds is 7. The van der Waals surface area contributed by atoms with Gasteiger partial charge in [-0.25, -0.2) is 0 Å². The van der Waals surface area contributed by atoms with Gasteiger partial charge in [0.15, 0.2) is 0 Å². The Morgan fingerprint density at radius 2 is 1.84 bits per heavy atom. The van der Waals surface area contributed by atoms with Crippen molar-refractivity contribution in [3.05, 3.63) is 0 Å². The van der Waals surface area contributed by atoms with E-state index in [2.05, 4.69) is 19.2 Å². The molecule has 0 atom stereocenters. The molecule has 1 saturated heterocycles. The van der Waals surface area contributed by atoms with E-state index in [4.69, 9.17) is 4.74 Å². The van der Waals surface area contributed by atoms with Crippen LogP contribution in [0, 0.1) is 5.41 Å². The molecule has 0 aromatic heterocycles. The van der Waals surface area contributed by atoms with Gasteiger partial charge in [0.05, 0.1) is 6.54 Å². The summed E-state index contributed by atoms with van der Waals surface area (Å²) >= 11 is 0. The van der Waals surface area contributed by atoms with E-state index < -0.39 is 0 Å². The van der Waals surface area contributed by atoms with Crippen LogP contribution >= 0.6 is 0 Å². The highest BCUT2D eigenvalue weighted by Crippen LogP contribution is 2.18. The van der Waals surface area contributed by atoms with Crippen molar-refractivity contribution in [2.75, 3.05) is 39.9 Å². The molecule has 1 heterocycles. The maximum Gasteiger partial charge on any atom is 0.236 e. The van der Waals surface area contributed by atoms with Crippen LogP contribution in [0.25, 0.3) is 0 Å². The predicted octanol–water partition coefficient (Wildman–Crippen LogP) is 2.04. The summed E-state index contributed by atoms with van der Waals surface area (Å²) in [7, 11) is 1.73. The quantitative estimate of drug-likeness (QED) is 0.770. The van der Waals surface area contributed by atoms with Gasteiger partial charge in [0.1, 0.15) is 0 Å². The third-order valence-electron chi connectivity index (χ3n) is 3.82. The van der Waals surface area contributed by atoms with E-state index in [9.17, 15) is 4.79 Å². The topological polar surface area (TPSA) is 41.6 Å². The molecular formula is C15H30N2O2. The van der Waals surface area contributed by atoms with Gasteiger partial charge >= 0.3 is 0 Å². The fraction of sp³-hybridized carbons (Fsp3) is 0.933. The van der Waals surface area contributed by atoms with Gasteiger partial charge in [0, 0.05) is 33.4 Å². The van der Waals surface area contributed by atoms with Crippen molar-refractivity contribution < 1.29 is 9.53 Å². The zero-order valence-electron chi connectivity index (χ0n) is 12.8. The zero-order valence-corrected chi connectivity index (χ0v) is 12.8. The Bertz CT molecular complexity index is 259. The number of hydrogen-bond donors (Lipinski definition) is 1. The first-order chi connectivity index (χ1) is 9.05. The van der Waals surface area contributed by atoms with E-state index in [0.717, 1.165) is 45.5 Å². The highest BCUT2D eigenvalue weighted by Gasteiger charge is 2.19. The van der Waals surface area contributed by atoms with Crippen LogP contribution in [0.5, 0.6) is 0 Å². The van der Waals surface area contributed by atoms with Gasteiger partial charge in [-0.15, -0.1) is 0 Å².